The number of rotatable bonds is 5. The van der Waals surface area contributed by atoms with Crippen LogP contribution in [0.5, 0.6) is 0 Å². The van der Waals surface area contributed by atoms with E-state index in [1.54, 1.807) is 23.4 Å². The third-order valence-corrected chi connectivity index (χ3v) is 7.48. The van der Waals surface area contributed by atoms with E-state index in [1.165, 1.54) is 34.1 Å². The lowest BCUT2D eigenvalue weighted by molar-refractivity contribution is -0.131. The van der Waals surface area contributed by atoms with Crippen LogP contribution in [0.2, 0.25) is 0 Å². The van der Waals surface area contributed by atoms with Crippen molar-refractivity contribution in [2.75, 3.05) is 26.2 Å². The minimum Gasteiger partial charge on any atom is -0.340 e. The molecule has 8 nitrogen and oxygen atoms in total. The van der Waals surface area contributed by atoms with E-state index in [0.29, 0.717) is 18.8 Å². The largest absolute Gasteiger partial charge is 0.340 e. The molecule has 4 rings (SSSR count). The van der Waals surface area contributed by atoms with Gasteiger partial charge in [-0.2, -0.15) is 4.31 Å². The number of hydrogen-bond donors (Lipinski definition) is 0. The fourth-order valence-corrected chi connectivity index (χ4v) is 5.30. The van der Waals surface area contributed by atoms with Gasteiger partial charge in [-0.05, 0) is 24.3 Å². The predicted molar refractivity (Wildman–Crippen MR) is 109 cm³/mol. The average molecular weight is 430 g/mol. The Morgan fingerprint density at radius 2 is 1.76 bits per heavy atom. The number of carbonyl (C=O) groups is 1. The van der Waals surface area contributed by atoms with Crippen LogP contribution in [-0.4, -0.2) is 64.7 Å². The SMILES string of the molecule is O=C(Cc1csc(-c2cccnc2)n1)N1CCN(S(=O)(=O)c2cccnc2)CC1. The summed E-state index contributed by atoms with van der Waals surface area (Å²) in [6, 6.07) is 6.90. The van der Waals surface area contributed by atoms with E-state index < -0.39 is 10.0 Å². The van der Waals surface area contributed by atoms with Crippen LogP contribution in [0.1, 0.15) is 5.69 Å². The molecule has 0 aliphatic carbocycles. The Morgan fingerprint density at radius 3 is 2.41 bits per heavy atom. The predicted octanol–water partition coefficient (Wildman–Crippen LogP) is 1.68. The molecule has 0 N–H and O–H groups in total. The van der Waals surface area contributed by atoms with Gasteiger partial charge in [0.15, 0.2) is 0 Å². The first-order chi connectivity index (χ1) is 14.0. The minimum absolute atomic E-state index is 0.0496. The first-order valence-corrected chi connectivity index (χ1v) is 11.4. The van der Waals surface area contributed by atoms with Gasteiger partial charge in [-0.3, -0.25) is 14.8 Å². The zero-order valence-electron chi connectivity index (χ0n) is 15.5. The fourth-order valence-electron chi connectivity index (χ4n) is 3.10. The molecule has 150 valence electrons. The van der Waals surface area contributed by atoms with Crippen molar-refractivity contribution < 1.29 is 13.2 Å². The topological polar surface area (TPSA) is 96.4 Å². The highest BCUT2D eigenvalue weighted by Crippen LogP contribution is 2.23. The Hall–Kier alpha value is -2.69. The summed E-state index contributed by atoms with van der Waals surface area (Å²) in [5, 5.41) is 2.71. The zero-order valence-corrected chi connectivity index (χ0v) is 17.1. The minimum atomic E-state index is -3.58. The molecule has 0 unspecified atom stereocenters. The Labute approximate surface area is 172 Å². The molecule has 1 saturated heterocycles. The second kappa shape index (κ2) is 8.36. The maximum absolute atomic E-state index is 12.7. The van der Waals surface area contributed by atoms with Crippen LogP contribution in [0.3, 0.4) is 0 Å². The summed E-state index contributed by atoms with van der Waals surface area (Å²) in [6.45, 7) is 1.25. The van der Waals surface area contributed by atoms with Crippen LogP contribution < -0.4 is 0 Å². The number of pyridine rings is 2. The van der Waals surface area contributed by atoms with Crippen molar-refractivity contribution in [1.82, 2.24) is 24.2 Å². The number of hydrogen-bond acceptors (Lipinski definition) is 7. The lowest BCUT2D eigenvalue weighted by atomic mass is 10.2. The zero-order chi connectivity index (χ0) is 20.3. The van der Waals surface area contributed by atoms with Crippen molar-refractivity contribution in [1.29, 1.82) is 0 Å². The quantitative estimate of drug-likeness (QED) is 0.612. The van der Waals surface area contributed by atoms with E-state index in [9.17, 15) is 13.2 Å². The van der Waals surface area contributed by atoms with Gasteiger partial charge in [0, 0.05) is 61.9 Å². The maximum Gasteiger partial charge on any atom is 0.244 e. The molecular formula is C19H19N5O3S2. The normalized spacial score (nSPS) is 15.4. The molecule has 29 heavy (non-hydrogen) atoms. The summed E-state index contributed by atoms with van der Waals surface area (Å²) < 4.78 is 26.7. The molecule has 0 saturated carbocycles. The summed E-state index contributed by atoms with van der Waals surface area (Å²) in [6.07, 6.45) is 6.52. The Bertz CT molecular complexity index is 1080. The average Bonchev–Trinajstić information content (AvgIpc) is 3.23. The maximum atomic E-state index is 12.7. The molecule has 3 aromatic rings. The van der Waals surface area contributed by atoms with E-state index in [0.717, 1.165) is 10.6 Å². The molecule has 1 aliphatic heterocycles. The smallest absolute Gasteiger partial charge is 0.244 e. The van der Waals surface area contributed by atoms with Crippen LogP contribution in [0, 0.1) is 0 Å². The number of carbonyl (C=O) groups excluding carboxylic acids is 1. The molecular weight excluding hydrogens is 410 g/mol. The van der Waals surface area contributed by atoms with Gasteiger partial charge in [-0.25, -0.2) is 13.4 Å². The molecule has 0 radical (unpaired) electrons. The summed E-state index contributed by atoms with van der Waals surface area (Å²) >= 11 is 1.48. The van der Waals surface area contributed by atoms with Crippen LogP contribution in [0.15, 0.2) is 59.3 Å². The van der Waals surface area contributed by atoms with E-state index in [2.05, 4.69) is 15.0 Å². The number of aromatic nitrogens is 3. The second-order valence-corrected chi connectivity index (χ2v) is 9.33. The molecule has 0 bridgehead atoms. The van der Waals surface area contributed by atoms with Crippen LogP contribution >= 0.6 is 11.3 Å². The van der Waals surface area contributed by atoms with Gasteiger partial charge >= 0.3 is 0 Å². The summed E-state index contributed by atoms with van der Waals surface area (Å²) in [4.78, 5) is 27.0. The number of amides is 1. The Morgan fingerprint density at radius 1 is 1.03 bits per heavy atom. The first-order valence-electron chi connectivity index (χ1n) is 9.07. The second-order valence-electron chi connectivity index (χ2n) is 6.54. The fraction of sp³-hybridized carbons (Fsp3) is 0.263. The van der Waals surface area contributed by atoms with Crippen molar-refractivity contribution in [2.24, 2.45) is 0 Å². The summed E-state index contributed by atoms with van der Waals surface area (Å²) in [5.74, 6) is -0.0496. The molecule has 0 aromatic carbocycles. The number of nitrogens with zero attached hydrogens (tertiary/aromatic N) is 5. The van der Waals surface area contributed by atoms with Crippen molar-refractivity contribution in [3.05, 3.63) is 60.1 Å². The highest BCUT2D eigenvalue weighted by molar-refractivity contribution is 7.89. The number of piperazine rings is 1. The lowest BCUT2D eigenvalue weighted by Gasteiger charge is -2.33. The highest BCUT2D eigenvalue weighted by Gasteiger charge is 2.30. The first kappa shape index (κ1) is 19.6. The van der Waals surface area contributed by atoms with Crippen LogP contribution in [0.4, 0.5) is 0 Å². The van der Waals surface area contributed by atoms with Gasteiger partial charge in [0.2, 0.25) is 15.9 Å². The highest BCUT2D eigenvalue weighted by atomic mass is 32.2. The van der Waals surface area contributed by atoms with E-state index in [1.807, 2.05) is 17.5 Å². The van der Waals surface area contributed by atoms with Gasteiger partial charge in [-0.1, -0.05) is 0 Å². The van der Waals surface area contributed by atoms with Gasteiger partial charge < -0.3 is 4.90 Å². The van der Waals surface area contributed by atoms with Crippen molar-refractivity contribution in [3.63, 3.8) is 0 Å². The third-order valence-electron chi connectivity index (χ3n) is 4.66. The summed E-state index contributed by atoms with van der Waals surface area (Å²) in [7, 11) is -3.58. The molecule has 10 heteroatoms. The molecule has 0 atom stereocenters. The molecule has 0 spiro atoms. The third kappa shape index (κ3) is 4.34. The van der Waals surface area contributed by atoms with E-state index in [4.69, 9.17) is 0 Å². The molecule has 1 aliphatic rings. The Kier molecular flexibility index (Phi) is 5.65. The van der Waals surface area contributed by atoms with Crippen LogP contribution in [0.25, 0.3) is 10.6 Å². The van der Waals surface area contributed by atoms with Crippen molar-refractivity contribution in [3.8, 4) is 10.6 Å². The van der Waals surface area contributed by atoms with Gasteiger partial charge in [0.05, 0.1) is 12.1 Å². The van der Waals surface area contributed by atoms with Crippen LogP contribution in [-0.2, 0) is 21.2 Å². The Balaban J connectivity index is 1.36. The van der Waals surface area contributed by atoms with Gasteiger partial charge in [-0.15, -0.1) is 11.3 Å². The number of thiazole rings is 1. The van der Waals surface area contributed by atoms with Gasteiger partial charge in [0.25, 0.3) is 0 Å². The monoisotopic (exact) mass is 429 g/mol. The number of sulfonamides is 1. The standard InChI is InChI=1S/C19H19N5O3S2/c25-18(11-16-14-28-19(22-16)15-3-1-5-20-12-15)23-7-9-24(10-8-23)29(26,27)17-4-2-6-21-13-17/h1-6,12-14H,7-11H2. The van der Waals surface area contributed by atoms with Crippen molar-refractivity contribution in [2.45, 2.75) is 11.3 Å². The van der Waals surface area contributed by atoms with E-state index >= 15 is 0 Å². The molecule has 1 fully saturated rings. The molecule has 3 aromatic heterocycles. The van der Waals surface area contributed by atoms with Gasteiger partial charge in [0.1, 0.15) is 9.90 Å². The summed E-state index contributed by atoms with van der Waals surface area (Å²) in [5.41, 5.74) is 1.63. The van der Waals surface area contributed by atoms with E-state index in [-0.39, 0.29) is 30.3 Å². The van der Waals surface area contributed by atoms with Crippen molar-refractivity contribution >= 4 is 27.3 Å². The lowest BCUT2D eigenvalue weighted by Crippen LogP contribution is -2.50. The molecule has 1 amide bonds. The molecule has 4 heterocycles.